The Morgan fingerprint density at radius 2 is 1.47 bits per heavy atom. The highest BCUT2D eigenvalue weighted by molar-refractivity contribution is 7.05. The van der Waals surface area contributed by atoms with Gasteiger partial charge in [-0.15, -0.1) is 6.58 Å². The van der Waals surface area contributed by atoms with E-state index in [-0.39, 0.29) is 0 Å². The molecule has 3 rings (SSSR count). The number of hydrogen-bond donors (Lipinski definition) is 2. The summed E-state index contributed by atoms with van der Waals surface area (Å²) in [5.41, 5.74) is 4.53. The summed E-state index contributed by atoms with van der Waals surface area (Å²) in [5.74, 6) is 0.589. The molecule has 0 bridgehead atoms. The van der Waals surface area contributed by atoms with Crippen molar-refractivity contribution in [2.75, 3.05) is 0 Å². The molecule has 1 heterocycles. The van der Waals surface area contributed by atoms with Gasteiger partial charge < -0.3 is 10.2 Å². The zero-order valence-electron chi connectivity index (χ0n) is 10.9. The lowest BCUT2D eigenvalue weighted by molar-refractivity contribution is 0.475. The first-order valence-corrected chi connectivity index (χ1v) is 8.90. The molecule has 3 heteroatoms. The van der Waals surface area contributed by atoms with Crippen LogP contribution >= 0.6 is 0 Å². The highest BCUT2D eigenvalue weighted by atomic mass is 28.3. The van der Waals surface area contributed by atoms with Crippen molar-refractivity contribution in [2.24, 2.45) is 0 Å². The van der Waals surface area contributed by atoms with Crippen LogP contribution in [-0.2, 0) is 6.42 Å². The maximum atomic E-state index is 9.76. The van der Waals surface area contributed by atoms with Gasteiger partial charge in [0.15, 0.2) is 0 Å². The smallest absolute Gasteiger partial charge is 0.138 e. The molecule has 0 unspecified atom stereocenters. The molecule has 0 amide bonds. The van der Waals surface area contributed by atoms with Crippen molar-refractivity contribution < 1.29 is 10.2 Å². The van der Waals surface area contributed by atoms with Crippen LogP contribution in [0.3, 0.4) is 0 Å². The Morgan fingerprint density at radius 1 is 1.00 bits per heavy atom. The van der Waals surface area contributed by atoms with Gasteiger partial charge >= 0.3 is 0 Å². The summed E-state index contributed by atoms with van der Waals surface area (Å²) in [6, 6.07) is 11.2. The quantitative estimate of drug-likeness (QED) is 0.776. The van der Waals surface area contributed by atoms with Crippen LogP contribution in [0, 0.1) is 0 Å². The van der Waals surface area contributed by atoms with Crippen LogP contribution in [-0.4, -0.2) is 18.3 Å². The van der Waals surface area contributed by atoms with E-state index in [1.165, 1.54) is 21.5 Å². The Bertz CT molecular complexity index is 625. The normalized spacial score (nSPS) is 15.4. The van der Waals surface area contributed by atoms with Crippen LogP contribution in [0.15, 0.2) is 48.7 Å². The third-order valence-electron chi connectivity index (χ3n) is 4.10. The monoisotopic (exact) mass is 268 g/mol. The summed E-state index contributed by atoms with van der Waals surface area (Å²) < 4.78 is 0. The van der Waals surface area contributed by atoms with Crippen LogP contribution in [0.25, 0.3) is 0 Å². The van der Waals surface area contributed by atoms with E-state index in [1.807, 2.05) is 30.0 Å². The number of phenols is 2. The van der Waals surface area contributed by atoms with Gasteiger partial charge in [0.1, 0.15) is 19.6 Å². The molecule has 0 saturated heterocycles. The summed E-state index contributed by atoms with van der Waals surface area (Å²) in [4.78, 5) is 0. The first-order chi connectivity index (χ1) is 9.04. The summed E-state index contributed by atoms with van der Waals surface area (Å²) in [7, 11) is -2.07. The Balaban J connectivity index is 2.32. The zero-order chi connectivity index (χ0) is 13.6. The lowest BCUT2D eigenvalue weighted by atomic mass is 10.0. The molecule has 0 spiro atoms. The first kappa shape index (κ1) is 12.1. The molecule has 0 atom stereocenters. The van der Waals surface area contributed by atoms with E-state index in [0.717, 1.165) is 6.42 Å². The van der Waals surface area contributed by atoms with Gasteiger partial charge in [-0.3, -0.25) is 0 Å². The maximum absolute atomic E-state index is 9.76. The van der Waals surface area contributed by atoms with E-state index in [4.69, 9.17) is 0 Å². The van der Waals surface area contributed by atoms with Crippen molar-refractivity contribution in [3.05, 3.63) is 59.8 Å². The van der Waals surface area contributed by atoms with Gasteiger partial charge in [0.2, 0.25) is 0 Å². The number of fused-ring (bicyclic) bond motifs is 2. The van der Waals surface area contributed by atoms with Crippen LogP contribution in [0.5, 0.6) is 11.5 Å². The van der Waals surface area contributed by atoms with E-state index in [1.54, 1.807) is 12.1 Å². The molecular formula is C16H16O2Si. The average molecular weight is 268 g/mol. The molecule has 2 aromatic carbocycles. The Labute approximate surface area is 113 Å². The van der Waals surface area contributed by atoms with E-state index in [9.17, 15) is 10.2 Å². The Morgan fingerprint density at radius 3 is 1.89 bits per heavy atom. The SMILES string of the molecule is C=C[Si]1(C)c2cc(O)ccc2Cc2ccc(O)cc21. The van der Waals surface area contributed by atoms with Crippen molar-refractivity contribution in [3.8, 4) is 11.5 Å². The molecule has 2 nitrogen and oxygen atoms in total. The molecule has 2 aromatic rings. The molecule has 0 saturated carbocycles. The predicted octanol–water partition coefficient (Wildman–Crippen LogP) is 1.92. The third kappa shape index (κ3) is 1.70. The molecule has 1 aliphatic rings. The van der Waals surface area contributed by atoms with E-state index in [2.05, 4.69) is 13.1 Å². The lowest BCUT2D eigenvalue weighted by Crippen LogP contribution is -2.59. The standard InChI is InChI=1S/C16H16O2Si/c1-3-19(2)15-9-13(17)6-4-11(15)8-12-5-7-14(18)10-16(12)19/h3-7,9-10,17-18H,1,8H2,2H3. The second kappa shape index (κ2) is 4.00. The molecule has 96 valence electrons. The lowest BCUT2D eigenvalue weighted by Gasteiger charge is -2.34. The largest absolute Gasteiger partial charge is 0.508 e. The van der Waals surface area contributed by atoms with Crippen molar-refractivity contribution in [3.63, 3.8) is 0 Å². The van der Waals surface area contributed by atoms with Gasteiger partial charge in [-0.1, -0.05) is 24.4 Å². The fourth-order valence-electron chi connectivity index (χ4n) is 2.97. The summed E-state index contributed by atoms with van der Waals surface area (Å²) >= 11 is 0. The molecule has 0 aromatic heterocycles. The summed E-state index contributed by atoms with van der Waals surface area (Å²) in [6.45, 7) is 6.22. The van der Waals surface area contributed by atoms with Crippen molar-refractivity contribution >= 4 is 18.4 Å². The van der Waals surface area contributed by atoms with E-state index in [0.29, 0.717) is 11.5 Å². The number of hydrogen-bond acceptors (Lipinski definition) is 2. The Kier molecular flexibility index (Phi) is 2.54. The second-order valence-corrected chi connectivity index (χ2v) is 9.16. The molecule has 2 N–H and O–H groups in total. The topological polar surface area (TPSA) is 40.5 Å². The van der Waals surface area contributed by atoms with Crippen molar-refractivity contribution in [1.29, 1.82) is 0 Å². The van der Waals surface area contributed by atoms with Crippen LogP contribution in [0.2, 0.25) is 6.55 Å². The highest BCUT2D eigenvalue weighted by Crippen LogP contribution is 2.25. The first-order valence-electron chi connectivity index (χ1n) is 6.33. The fraction of sp³-hybridized carbons (Fsp3) is 0.125. The molecule has 0 aliphatic carbocycles. The van der Waals surface area contributed by atoms with Gasteiger partial charge in [-0.05, 0) is 52.2 Å². The van der Waals surface area contributed by atoms with E-state index >= 15 is 0 Å². The minimum atomic E-state index is -2.07. The molecule has 0 fully saturated rings. The number of aromatic hydroxyl groups is 2. The maximum Gasteiger partial charge on any atom is 0.138 e. The van der Waals surface area contributed by atoms with Gasteiger partial charge in [0, 0.05) is 0 Å². The zero-order valence-corrected chi connectivity index (χ0v) is 11.9. The molecule has 1 aliphatic heterocycles. The van der Waals surface area contributed by atoms with Crippen molar-refractivity contribution in [1.82, 2.24) is 0 Å². The van der Waals surface area contributed by atoms with Gasteiger partial charge in [0.25, 0.3) is 0 Å². The minimum Gasteiger partial charge on any atom is -0.508 e. The van der Waals surface area contributed by atoms with Gasteiger partial charge in [-0.2, -0.15) is 0 Å². The van der Waals surface area contributed by atoms with Gasteiger partial charge in [-0.25, -0.2) is 0 Å². The third-order valence-corrected chi connectivity index (χ3v) is 8.08. The second-order valence-electron chi connectivity index (χ2n) is 5.27. The highest BCUT2D eigenvalue weighted by Gasteiger charge is 2.36. The predicted molar refractivity (Wildman–Crippen MR) is 80.1 cm³/mol. The molecule has 0 radical (unpaired) electrons. The average Bonchev–Trinajstić information content (AvgIpc) is 2.41. The van der Waals surface area contributed by atoms with Crippen LogP contribution in [0.4, 0.5) is 0 Å². The van der Waals surface area contributed by atoms with Crippen molar-refractivity contribution in [2.45, 2.75) is 13.0 Å². The number of rotatable bonds is 1. The van der Waals surface area contributed by atoms with E-state index < -0.39 is 8.07 Å². The number of phenolic OH excluding ortho intramolecular Hbond substituents is 2. The minimum absolute atomic E-state index is 0.294. The summed E-state index contributed by atoms with van der Waals surface area (Å²) in [5, 5.41) is 21.9. The molecular weight excluding hydrogens is 252 g/mol. The molecule has 19 heavy (non-hydrogen) atoms. The number of benzene rings is 2. The van der Waals surface area contributed by atoms with Gasteiger partial charge in [0.05, 0.1) is 0 Å². The van der Waals surface area contributed by atoms with Crippen LogP contribution in [0.1, 0.15) is 11.1 Å². The summed E-state index contributed by atoms with van der Waals surface area (Å²) in [6.07, 6.45) is 0.849. The fourth-order valence-corrected chi connectivity index (χ4v) is 6.28. The Hall–Kier alpha value is -2.00. The van der Waals surface area contributed by atoms with Crippen LogP contribution < -0.4 is 10.4 Å².